The molecule has 16 heteroatoms. The number of nitroso groups, excluding NO2 is 3. The predicted molar refractivity (Wildman–Crippen MR) is 165 cm³/mol. The molecule has 1 N–H and O–H groups in total. The third kappa shape index (κ3) is 4.17. The number of nitrogens with zero attached hydrogens (tertiary/aromatic N) is 9. The molecule has 5 atom stereocenters. The lowest BCUT2D eigenvalue weighted by molar-refractivity contribution is -0.120. The maximum absolute atomic E-state index is 14.2. The van der Waals surface area contributed by atoms with Crippen molar-refractivity contribution in [1.29, 1.82) is 0 Å². The van der Waals surface area contributed by atoms with Crippen molar-refractivity contribution in [2.75, 3.05) is 19.6 Å². The molecule has 3 aliphatic carbocycles. The van der Waals surface area contributed by atoms with E-state index >= 15 is 0 Å². The number of carbonyl (C=O) groups excluding carboxylic acids is 1. The molecular formula is C31H28N10O6. The van der Waals surface area contributed by atoms with E-state index in [1.807, 2.05) is 24.3 Å². The first-order valence-corrected chi connectivity index (χ1v) is 15.5. The van der Waals surface area contributed by atoms with Gasteiger partial charge in [-0.1, -0.05) is 51.8 Å². The molecule has 1 saturated heterocycles. The van der Waals surface area contributed by atoms with Gasteiger partial charge in [-0.2, -0.15) is 9.89 Å². The predicted octanol–water partition coefficient (Wildman–Crippen LogP) is 5.27. The molecule has 16 nitrogen and oxygen atoms in total. The van der Waals surface area contributed by atoms with E-state index in [-0.39, 0.29) is 47.4 Å². The standard InChI is InChI=1S/C31H28N10O6/c32-40-33-14-21(29-35-27(38-47-29)17-4-2-1-3-5-17)34-28(42)19-13-31(39-45)22-12-18-8-9-20(36-43)25-23(18)30(31,26(46-25)24(19)37-44)10-11-41(22)15-16-6-7-16/h1-5,8-9,16,21-22,26H,6-7,10-15H2,(H,34,42)/t21?,22-,26+,30+,31-/m1/s1. The smallest absolute Gasteiger partial charge is 0.250 e. The summed E-state index contributed by atoms with van der Waals surface area (Å²) in [5.74, 6) is 0.209. The second-order valence-corrected chi connectivity index (χ2v) is 12.8. The summed E-state index contributed by atoms with van der Waals surface area (Å²) in [6.45, 7) is 1.13. The van der Waals surface area contributed by atoms with Crippen LogP contribution in [0.2, 0.25) is 0 Å². The van der Waals surface area contributed by atoms with Crippen LogP contribution in [-0.4, -0.2) is 58.3 Å². The van der Waals surface area contributed by atoms with Crippen LogP contribution in [0.3, 0.4) is 0 Å². The molecule has 1 saturated carbocycles. The Bertz CT molecular complexity index is 1900. The first kappa shape index (κ1) is 29.1. The van der Waals surface area contributed by atoms with Crippen LogP contribution in [0.25, 0.3) is 21.8 Å². The Morgan fingerprint density at radius 3 is 2.70 bits per heavy atom. The van der Waals surface area contributed by atoms with Crippen molar-refractivity contribution in [3.05, 3.63) is 95.9 Å². The van der Waals surface area contributed by atoms with Crippen LogP contribution in [0.1, 0.15) is 48.7 Å². The number of hydrogen-bond donors (Lipinski definition) is 1. The van der Waals surface area contributed by atoms with Crippen molar-refractivity contribution < 1.29 is 14.1 Å². The molecule has 3 heterocycles. The van der Waals surface area contributed by atoms with Crippen molar-refractivity contribution in [3.8, 4) is 17.1 Å². The molecule has 2 fully saturated rings. The number of rotatable bonds is 11. The lowest BCUT2D eigenvalue weighted by atomic mass is 9.47. The van der Waals surface area contributed by atoms with Gasteiger partial charge < -0.3 is 14.6 Å². The molecule has 0 radical (unpaired) electrons. The van der Waals surface area contributed by atoms with Gasteiger partial charge in [0.2, 0.25) is 17.6 Å². The molecule has 2 aromatic carbocycles. The zero-order valence-electron chi connectivity index (χ0n) is 25.0. The van der Waals surface area contributed by atoms with Crippen molar-refractivity contribution >= 4 is 11.6 Å². The number of aromatic nitrogens is 2. The van der Waals surface area contributed by atoms with Crippen molar-refractivity contribution in [2.24, 2.45) is 26.6 Å². The lowest BCUT2D eigenvalue weighted by Gasteiger charge is -2.61. The van der Waals surface area contributed by atoms with Gasteiger partial charge in [-0.3, -0.25) is 9.69 Å². The molecular weight excluding hydrogens is 608 g/mol. The molecule has 238 valence electrons. The number of carbonyl (C=O) groups is 1. The molecule has 2 aliphatic heterocycles. The van der Waals surface area contributed by atoms with E-state index in [0.29, 0.717) is 36.4 Å². The fourth-order valence-corrected chi connectivity index (χ4v) is 8.35. The number of benzene rings is 2. The highest BCUT2D eigenvalue weighted by Crippen LogP contribution is 2.67. The number of hydrogen-bond acceptors (Lipinski definition) is 13. The number of likely N-dealkylation sites (tertiary alicyclic amines) is 1. The van der Waals surface area contributed by atoms with Gasteiger partial charge in [0, 0.05) is 40.6 Å². The lowest BCUT2D eigenvalue weighted by Crippen LogP contribution is -2.74. The minimum absolute atomic E-state index is 0.0256. The van der Waals surface area contributed by atoms with Gasteiger partial charge in [0.05, 0.1) is 12.0 Å². The summed E-state index contributed by atoms with van der Waals surface area (Å²) >= 11 is 0. The number of azide groups is 1. The highest BCUT2D eigenvalue weighted by atomic mass is 16.5. The number of nitrogens with one attached hydrogen (secondary N) is 1. The number of ether oxygens (including phenoxy) is 1. The van der Waals surface area contributed by atoms with Crippen LogP contribution < -0.4 is 10.1 Å². The van der Waals surface area contributed by atoms with E-state index in [4.69, 9.17) is 14.8 Å². The van der Waals surface area contributed by atoms with E-state index in [2.05, 4.69) is 45.9 Å². The molecule has 1 unspecified atom stereocenters. The van der Waals surface area contributed by atoms with Gasteiger partial charge in [0.15, 0.2) is 11.9 Å². The summed E-state index contributed by atoms with van der Waals surface area (Å²) in [6, 6.07) is 11.0. The first-order valence-electron chi connectivity index (χ1n) is 15.5. The zero-order valence-corrected chi connectivity index (χ0v) is 25.0. The first-order chi connectivity index (χ1) is 23.0. The van der Waals surface area contributed by atoms with Crippen LogP contribution in [-0.2, 0) is 16.6 Å². The Hall–Kier alpha value is -5.34. The van der Waals surface area contributed by atoms with Crippen molar-refractivity contribution in [3.63, 3.8) is 0 Å². The van der Waals surface area contributed by atoms with Gasteiger partial charge in [0.25, 0.3) is 0 Å². The number of amides is 1. The monoisotopic (exact) mass is 636 g/mol. The summed E-state index contributed by atoms with van der Waals surface area (Å²) in [4.78, 5) is 61.8. The minimum atomic E-state index is -1.42. The largest absolute Gasteiger partial charge is 0.480 e. The Morgan fingerprint density at radius 2 is 1.98 bits per heavy atom. The van der Waals surface area contributed by atoms with Gasteiger partial charge in [-0.25, -0.2) is 0 Å². The molecule has 5 aliphatic rings. The summed E-state index contributed by atoms with van der Waals surface area (Å²) in [5.41, 5.74) is 8.53. The molecule has 1 aromatic heterocycles. The SMILES string of the molecule is [N-]=[N+]=NCC(NC(=O)C1=C(N=O)[C@@H]2Oc3c(N=O)ccc4c3[C@@]23CCN(CC2CC2)[C@H](C4)[C@]3(N=O)C1)c1nc(-c2ccccc2)no1. The fraction of sp³-hybridized carbons (Fsp3) is 0.452. The van der Waals surface area contributed by atoms with Crippen molar-refractivity contribution in [1.82, 2.24) is 20.4 Å². The Labute approximate surface area is 266 Å². The average Bonchev–Trinajstić information content (AvgIpc) is 3.65. The third-order valence-electron chi connectivity index (χ3n) is 10.6. The molecule has 47 heavy (non-hydrogen) atoms. The summed E-state index contributed by atoms with van der Waals surface area (Å²) in [7, 11) is 0. The molecule has 1 spiro atoms. The Kier molecular flexibility index (Phi) is 6.74. The minimum Gasteiger partial charge on any atom is -0.480 e. The van der Waals surface area contributed by atoms with Crippen LogP contribution in [0.4, 0.5) is 5.69 Å². The van der Waals surface area contributed by atoms with Gasteiger partial charge in [0.1, 0.15) is 23.0 Å². The maximum atomic E-state index is 14.2. The van der Waals surface area contributed by atoms with E-state index in [1.165, 1.54) is 0 Å². The average molecular weight is 637 g/mol. The van der Waals surface area contributed by atoms with Gasteiger partial charge in [-0.05, 0) is 65.7 Å². The molecule has 8 rings (SSSR count). The third-order valence-corrected chi connectivity index (χ3v) is 10.6. The zero-order chi connectivity index (χ0) is 32.3. The normalized spacial score (nSPS) is 27.6. The summed E-state index contributed by atoms with van der Waals surface area (Å²) < 4.78 is 11.9. The fourth-order valence-electron chi connectivity index (χ4n) is 8.35. The second-order valence-electron chi connectivity index (χ2n) is 12.8. The van der Waals surface area contributed by atoms with Crippen LogP contribution >= 0.6 is 0 Å². The van der Waals surface area contributed by atoms with Crippen LogP contribution in [0, 0.1) is 20.6 Å². The van der Waals surface area contributed by atoms with E-state index < -0.39 is 35.0 Å². The van der Waals surface area contributed by atoms with Crippen LogP contribution in [0.5, 0.6) is 5.75 Å². The van der Waals surface area contributed by atoms with Gasteiger partial charge in [-0.15, -0.1) is 9.81 Å². The number of piperidine rings is 1. The second kappa shape index (κ2) is 10.9. The Morgan fingerprint density at radius 1 is 1.15 bits per heavy atom. The van der Waals surface area contributed by atoms with Crippen LogP contribution in [0.15, 0.2) is 78.9 Å². The molecule has 2 bridgehead atoms. The summed E-state index contributed by atoms with van der Waals surface area (Å²) in [5, 5.41) is 20.8. The highest BCUT2D eigenvalue weighted by Gasteiger charge is 2.75. The Balaban J connectivity index is 1.22. The van der Waals surface area contributed by atoms with E-state index in [9.17, 15) is 19.5 Å². The molecule has 1 amide bonds. The van der Waals surface area contributed by atoms with Crippen molar-refractivity contribution in [2.45, 2.75) is 61.2 Å². The summed E-state index contributed by atoms with van der Waals surface area (Å²) in [6.07, 6.45) is 1.72. The molecule has 3 aromatic rings. The van der Waals surface area contributed by atoms with Gasteiger partial charge >= 0.3 is 0 Å². The van der Waals surface area contributed by atoms with E-state index in [1.54, 1.807) is 18.2 Å². The quantitative estimate of drug-likeness (QED) is 0.125. The topological polar surface area (TPSA) is 218 Å². The maximum Gasteiger partial charge on any atom is 0.250 e. The highest BCUT2D eigenvalue weighted by molar-refractivity contribution is 5.96. The van der Waals surface area contributed by atoms with E-state index in [0.717, 1.165) is 24.9 Å².